The monoisotopic (exact) mass is 334 g/mol. The van der Waals surface area contributed by atoms with Gasteiger partial charge in [0.05, 0.1) is 6.10 Å². The number of aliphatic hydroxyl groups is 1. The number of aliphatic hydroxyl groups excluding tert-OH is 1. The zero-order chi connectivity index (χ0) is 17.8. The van der Waals surface area contributed by atoms with Crippen molar-refractivity contribution < 1.29 is 19.8 Å². The number of carboxylic acids is 1. The Hall–Kier alpha value is -1.68. The second-order valence-electron chi connectivity index (χ2n) is 6.46. The summed E-state index contributed by atoms with van der Waals surface area (Å²) in [5.41, 5.74) is 0. The SMILES string of the molecule is CCCCC[C@H](O)CC[C@H]1C=CC(=O)[C@@H]1CCC=CC=CC(=O)O. The van der Waals surface area contributed by atoms with Gasteiger partial charge in [0.1, 0.15) is 0 Å². The average Bonchev–Trinajstić information content (AvgIpc) is 2.89. The minimum absolute atomic E-state index is 0.000875. The molecule has 0 spiro atoms. The molecule has 0 aromatic rings. The van der Waals surface area contributed by atoms with Gasteiger partial charge in [0, 0.05) is 12.0 Å². The van der Waals surface area contributed by atoms with E-state index in [0.29, 0.717) is 0 Å². The van der Waals surface area contributed by atoms with Gasteiger partial charge in [-0.15, -0.1) is 0 Å². The molecule has 0 saturated heterocycles. The Labute approximate surface area is 145 Å². The summed E-state index contributed by atoms with van der Waals surface area (Å²) in [6, 6.07) is 0. The van der Waals surface area contributed by atoms with Crippen molar-refractivity contribution in [2.75, 3.05) is 0 Å². The first-order chi connectivity index (χ1) is 11.5. The van der Waals surface area contributed by atoms with E-state index in [9.17, 15) is 14.7 Å². The highest BCUT2D eigenvalue weighted by Gasteiger charge is 2.29. The molecule has 0 aromatic carbocycles. The second kappa shape index (κ2) is 11.8. The molecule has 0 saturated carbocycles. The van der Waals surface area contributed by atoms with E-state index in [4.69, 9.17) is 5.11 Å². The van der Waals surface area contributed by atoms with Crippen LogP contribution in [0.3, 0.4) is 0 Å². The van der Waals surface area contributed by atoms with Crippen LogP contribution >= 0.6 is 0 Å². The predicted molar refractivity (Wildman–Crippen MR) is 95.7 cm³/mol. The lowest BCUT2D eigenvalue weighted by atomic mass is 9.86. The van der Waals surface area contributed by atoms with Gasteiger partial charge in [-0.1, -0.05) is 50.5 Å². The molecule has 0 heterocycles. The van der Waals surface area contributed by atoms with Gasteiger partial charge in [-0.3, -0.25) is 4.79 Å². The van der Waals surface area contributed by atoms with Crippen molar-refractivity contribution in [3.63, 3.8) is 0 Å². The first-order valence-corrected chi connectivity index (χ1v) is 9.00. The molecule has 1 aliphatic carbocycles. The maximum absolute atomic E-state index is 12.0. The van der Waals surface area contributed by atoms with Crippen LogP contribution in [0.25, 0.3) is 0 Å². The summed E-state index contributed by atoms with van der Waals surface area (Å²) in [4.78, 5) is 22.3. The van der Waals surface area contributed by atoms with Gasteiger partial charge in [0.15, 0.2) is 5.78 Å². The van der Waals surface area contributed by atoms with Crippen molar-refractivity contribution >= 4 is 11.8 Å². The molecule has 2 N–H and O–H groups in total. The highest BCUT2D eigenvalue weighted by Crippen LogP contribution is 2.31. The molecule has 0 bridgehead atoms. The van der Waals surface area contributed by atoms with Crippen LogP contribution in [0.15, 0.2) is 36.5 Å². The number of hydrogen-bond donors (Lipinski definition) is 2. The molecule has 0 aromatic heterocycles. The summed E-state index contributed by atoms with van der Waals surface area (Å²) in [6.45, 7) is 2.15. The Kier molecular flexibility index (Phi) is 10.0. The number of carboxylic acid groups (broad SMARTS) is 1. The number of unbranched alkanes of at least 4 members (excludes halogenated alkanes) is 2. The van der Waals surface area contributed by atoms with Crippen molar-refractivity contribution in [2.24, 2.45) is 11.8 Å². The second-order valence-corrected chi connectivity index (χ2v) is 6.46. The van der Waals surface area contributed by atoms with E-state index in [2.05, 4.69) is 6.92 Å². The molecule has 24 heavy (non-hydrogen) atoms. The molecule has 0 aliphatic heterocycles. The zero-order valence-electron chi connectivity index (χ0n) is 14.6. The van der Waals surface area contributed by atoms with E-state index < -0.39 is 5.97 Å². The van der Waals surface area contributed by atoms with E-state index >= 15 is 0 Å². The summed E-state index contributed by atoms with van der Waals surface area (Å²) in [5.74, 6) is -0.565. The number of carbonyl (C=O) groups is 2. The molecule has 0 unspecified atom stereocenters. The molecule has 1 rings (SSSR count). The van der Waals surface area contributed by atoms with Crippen molar-refractivity contribution in [2.45, 2.75) is 64.4 Å². The van der Waals surface area contributed by atoms with Gasteiger partial charge in [-0.05, 0) is 44.1 Å². The van der Waals surface area contributed by atoms with Crippen molar-refractivity contribution in [3.05, 3.63) is 36.5 Å². The maximum Gasteiger partial charge on any atom is 0.328 e. The third-order valence-electron chi connectivity index (χ3n) is 4.49. The third-order valence-corrected chi connectivity index (χ3v) is 4.49. The lowest BCUT2D eigenvalue weighted by Gasteiger charge is -2.19. The summed E-state index contributed by atoms with van der Waals surface area (Å²) >= 11 is 0. The van der Waals surface area contributed by atoms with Crippen LogP contribution in [-0.4, -0.2) is 28.1 Å². The van der Waals surface area contributed by atoms with Gasteiger partial charge in [0.2, 0.25) is 0 Å². The van der Waals surface area contributed by atoms with Gasteiger partial charge >= 0.3 is 5.97 Å². The largest absolute Gasteiger partial charge is 0.478 e. The van der Waals surface area contributed by atoms with Crippen LogP contribution in [0, 0.1) is 11.8 Å². The Balaban J connectivity index is 2.32. The van der Waals surface area contributed by atoms with Crippen LogP contribution in [0.5, 0.6) is 0 Å². The Morgan fingerprint density at radius 3 is 2.75 bits per heavy atom. The lowest BCUT2D eigenvalue weighted by molar-refractivity contribution is -0.131. The quantitative estimate of drug-likeness (QED) is 0.321. The molecule has 134 valence electrons. The minimum Gasteiger partial charge on any atom is -0.478 e. The predicted octanol–water partition coefficient (Wildman–Crippen LogP) is 4.06. The molecule has 1 aliphatic rings. The third kappa shape index (κ3) is 8.25. The minimum atomic E-state index is -0.965. The number of aliphatic carboxylic acids is 1. The molecule has 3 atom stereocenters. The van der Waals surface area contributed by atoms with E-state index in [1.54, 1.807) is 12.2 Å². The number of ketones is 1. The van der Waals surface area contributed by atoms with E-state index in [-0.39, 0.29) is 23.7 Å². The van der Waals surface area contributed by atoms with Crippen LogP contribution in [0.2, 0.25) is 0 Å². The molecule has 0 amide bonds. The van der Waals surface area contributed by atoms with Gasteiger partial charge in [-0.25, -0.2) is 4.79 Å². The number of hydrogen-bond acceptors (Lipinski definition) is 3. The summed E-state index contributed by atoms with van der Waals surface area (Å²) in [6.07, 6.45) is 16.9. The summed E-state index contributed by atoms with van der Waals surface area (Å²) in [7, 11) is 0. The van der Waals surface area contributed by atoms with Crippen LogP contribution < -0.4 is 0 Å². The number of allylic oxidation sites excluding steroid dienone is 5. The van der Waals surface area contributed by atoms with Gasteiger partial charge < -0.3 is 10.2 Å². The van der Waals surface area contributed by atoms with E-state index in [1.165, 1.54) is 6.08 Å². The first-order valence-electron chi connectivity index (χ1n) is 9.00. The standard InChI is InChI=1S/C20H30O4/c1-2-3-6-9-17(21)14-12-16-13-15-19(22)18(16)10-7-4-5-8-11-20(23)24/h4-5,8,11,13,15-18,21H,2-3,6-7,9-10,12,14H2,1H3,(H,23,24)/t16-,17-,18+/m0/s1. The molecule has 4 nitrogen and oxygen atoms in total. The topological polar surface area (TPSA) is 74.6 Å². The highest BCUT2D eigenvalue weighted by molar-refractivity contribution is 5.94. The maximum atomic E-state index is 12.0. The first kappa shape index (κ1) is 20.4. The highest BCUT2D eigenvalue weighted by atomic mass is 16.4. The molecular formula is C20H30O4. The van der Waals surface area contributed by atoms with E-state index in [1.807, 2.05) is 12.2 Å². The molecule has 4 heteroatoms. The Bertz CT molecular complexity index is 476. The van der Waals surface area contributed by atoms with Crippen molar-refractivity contribution in [1.82, 2.24) is 0 Å². The molecular weight excluding hydrogens is 304 g/mol. The smallest absolute Gasteiger partial charge is 0.328 e. The number of carbonyl (C=O) groups excluding carboxylic acids is 1. The summed E-state index contributed by atoms with van der Waals surface area (Å²) in [5, 5.41) is 18.5. The lowest BCUT2D eigenvalue weighted by Crippen LogP contribution is -2.18. The van der Waals surface area contributed by atoms with Gasteiger partial charge in [0.25, 0.3) is 0 Å². The fourth-order valence-electron chi connectivity index (χ4n) is 3.09. The normalized spacial score (nSPS) is 22.0. The fraction of sp³-hybridized carbons (Fsp3) is 0.600. The fourth-order valence-corrected chi connectivity index (χ4v) is 3.09. The number of rotatable bonds is 12. The molecule has 0 fully saturated rings. The van der Waals surface area contributed by atoms with Crippen LogP contribution in [0.4, 0.5) is 0 Å². The van der Waals surface area contributed by atoms with Gasteiger partial charge in [-0.2, -0.15) is 0 Å². The summed E-state index contributed by atoms with van der Waals surface area (Å²) < 4.78 is 0. The average molecular weight is 334 g/mol. The van der Waals surface area contributed by atoms with Crippen molar-refractivity contribution in [1.29, 1.82) is 0 Å². The zero-order valence-corrected chi connectivity index (χ0v) is 14.6. The van der Waals surface area contributed by atoms with Crippen LogP contribution in [-0.2, 0) is 9.59 Å². The molecule has 0 radical (unpaired) electrons. The Morgan fingerprint density at radius 1 is 1.25 bits per heavy atom. The van der Waals surface area contributed by atoms with Crippen molar-refractivity contribution in [3.8, 4) is 0 Å². The Morgan fingerprint density at radius 2 is 2.04 bits per heavy atom. The van der Waals surface area contributed by atoms with Crippen LogP contribution in [0.1, 0.15) is 58.3 Å². The van der Waals surface area contributed by atoms with E-state index in [0.717, 1.165) is 57.4 Å².